The van der Waals surface area contributed by atoms with Crippen LogP contribution in [0.3, 0.4) is 0 Å². The summed E-state index contributed by atoms with van der Waals surface area (Å²) in [6, 6.07) is -0.918. The van der Waals surface area contributed by atoms with Gasteiger partial charge in [-0.3, -0.25) is 4.79 Å². The lowest BCUT2D eigenvalue weighted by Gasteiger charge is -2.46. The van der Waals surface area contributed by atoms with Gasteiger partial charge in [0.25, 0.3) is 0 Å². The summed E-state index contributed by atoms with van der Waals surface area (Å²) >= 11 is 0. The fraction of sp³-hybridized carbons (Fsp3) is 0.826. The first-order chi connectivity index (χ1) is 49.1. The number of unbranched alkanes of at least 4 members (excludes halogenated alkanes) is 45. The van der Waals surface area contributed by atoms with E-state index >= 15 is 0 Å². The maximum Gasteiger partial charge on any atom is 0.220 e. The molecule has 0 bridgehead atoms. The lowest BCUT2D eigenvalue weighted by molar-refractivity contribution is -0.359. The average molecular weight is 1410 g/mol. The van der Waals surface area contributed by atoms with Gasteiger partial charge >= 0.3 is 0 Å². The summed E-state index contributed by atoms with van der Waals surface area (Å²) in [4.78, 5) is 13.4. The van der Waals surface area contributed by atoms with E-state index in [0.29, 0.717) is 6.42 Å². The first-order valence-electron chi connectivity index (χ1n) is 41.8. The number of aliphatic hydroxyl groups is 8. The predicted molar refractivity (Wildman–Crippen MR) is 415 cm³/mol. The SMILES string of the molecule is CC/C=C\C/C=C\C/C=C\C/C=C\C/C=C\C/C=C\CCCCCCCCCCCCCCCCCCCCCCC(=O)NC(COC1OC(CO)C(OC2OC(CO)C(O)C(O)C2O)C(O)C1O)C(O)/C=C/CCCCCCCCCCCCCCCCCCCCCCCCCCC. The molecule has 1 amide bonds. The number of hydrogen-bond donors (Lipinski definition) is 9. The van der Waals surface area contributed by atoms with Crippen LogP contribution in [-0.2, 0) is 23.7 Å². The summed E-state index contributed by atoms with van der Waals surface area (Å²) in [5.74, 6) is -0.234. The lowest BCUT2D eigenvalue weighted by atomic mass is 9.97. The van der Waals surface area contributed by atoms with Gasteiger partial charge in [0.05, 0.1) is 32.0 Å². The van der Waals surface area contributed by atoms with Crippen LogP contribution in [0.1, 0.15) is 361 Å². The van der Waals surface area contributed by atoms with Gasteiger partial charge in [0.1, 0.15) is 48.8 Å². The van der Waals surface area contributed by atoms with Crippen molar-refractivity contribution < 1.29 is 64.6 Å². The van der Waals surface area contributed by atoms with Gasteiger partial charge in [-0.25, -0.2) is 0 Å². The molecule has 2 saturated heterocycles. The Morgan fingerprint density at radius 2 is 0.690 bits per heavy atom. The van der Waals surface area contributed by atoms with Crippen LogP contribution >= 0.6 is 0 Å². The van der Waals surface area contributed by atoms with Gasteiger partial charge in [-0.1, -0.05) is 369 Å². The fourth-order valence-corrected chi connectivity index (χ4v) is 13.5. The monoisotopic (exact) mass is 1410 g/mol. The van der Waals surface area contributed by atoms with Crippen LogP contribution in [0.15, 0.2) is 85.1 Å². The van der Waals surface area contributed by atoms with Crippen LogP contribution in [0, 0.1) is 0 Å². The molecule has 14 heteroatoms. The lowest BCUT2D eigenvalue weighted by Crippen LogP contribution is -2.65. The van der Waals surface area contributed by atoms with Gasteiger partial charge in [-0.05, 0) is 70.6 Å². The van der Waals surface area contributed by atoms with Gasteiger partial charge in [0.15, 0.2) is 12.6 Å². The number of hydrogen-bond acceptors (Lipinski definition) is 13. The maximum absolute atomic E-state index is 13.4. The molecule has 582 valence electrons. The van der Waals surface area contributed by atoms with Crippen molar-refractivity contribution in [1.82, 2.24) is 5.32 Å². The number of amides is 1. The van der Waals surface area contributed by atoms with E-state index < -0.39 is 86.8 Å². The third-order valence-corrected chi connectivity index (χ3v) is 20.1. The molecule has 0 saturated carbocycles. The molecule has 12 unspecified atom stereocenters. The van der Waals surface area contributed by atoms with E-state index in [1.165, 1.54) is 257 Å². The third-order valence-electron chi connectivity index (χ3n) is 20.1. The number of aliphatic hydroxyl groups excluding tert-OH is 8. The van der Waals surface area contributed by atoms with Crippen LogP contribution < -0.4 is 5.32 Å². The van der Waals surface area contributed by atoms with Crippen LogP contribution in [0.2, 0.25) is 0 Å². The minimum absolute atomic E-state index is 0.234. The second-order valence-corrected chi connectivity index (χ2v) is 29.2. The smallest absolute Gasteiger partial charge is 0.220 e. The summed E-state index contributed by atoms with van der Waals surface area (Å²) in [7, 11) is 0. The largest absolute Gasteiger partial charge is 0.394 e. The van der Waals surface area contributed by atoms with E-state index in [9.17, 15) is 45.6 Å². The van der Waals surface area contributed by atoms with Gasteiger partial charge < -0.3 is 65.1 Å². The summed E-state index contributed by atoms with van der Waals surface area (Å²) in [6.45, 7) is 2.74. The number of ether oxygens (including phenoxy) is 4. The van der Waals surface area contributed by atoms with E-state index in [1.54, 1.807) is 6.08 Å². The Hall–Kier alpha value is -2.83. The zero-order chi connectivity index (χ0) is 72.2. The predicted octanol–water partition coefficient (Wildman–Crippen LogP) is 19.5. The Balaban J connectivity index is 1.58. The molecule has 9 N–H and O–H groups in total. The molecule has 0 aromatic rings. The van der Waals surface area contributed by atoms with Crippen molar-refractivity contribution in [3.05, 3.63) is 85.1 Å². The van der Waals surface area contributed by atoms with E-state index in [1.807, 2.05) is 6.08 Å². The number of rotatable bonds is 70. The van der Waals surface area contributed by atoms with Crippen molar-refractivity contribution in [2.75, 3.05) is 19.8 Å². The van der Waals surface area contributed by atoms with Gasteiger partial charge in [-0.15, -0.1) is 0 Å². The molecule has 0 aliphatic carbocycles. The normalized spacial score (nSPS) is 22.3. The highest BCUT2D eigenvalue weighted by molar-refractivity contribution is 5.76. The third kappa shape index (κ3) is 51.4. The van der Waals surface area contributed by atoms with Crippen LogP contribution in [0.4, 0.5) is 0 Å². The van der Waals surface area contributed by atoms with Crippen molar-refractivity contribution in [1.29, 1.82) is 0 Å². The quantitative estimate of drug-likeness (QED) is 0.0204. The summed E-state index contributed by atoms with van der Waals surface area (Å²) in [5, 5.41) is 87.8. The zero-order valence-corrected chi connectivity index (χ0v) is 63.9. The minimum atomic E-state index is -1.79. The molecule has 2 fully saturated rings. The topological polar surface area (TPSA) is 228 Å². The van der Waals surface area contributed by atoms with Crippen molar-refractivity contribution in [3.63, 3.8) is 0 Å². The molecule has 14 nitrogen and oxygen atoms in total. The van der Waals surface area contributed by atoms with Crippen LogP contribution in [0.25, 0.3) is 0 Å². The molecule has 12 atom stereocenters. The standard InChI is InChI=1S/C86H155NO13/c1-3-5-7-9-11-13-15-17-19-21-23-25-27-29-31-32-33-34-35-36-37-38-39-40-41-42-44-46-48-50-52-54-56-58-60-62-64-66-68-70-78(91)87-74(73-97-85-83(96)81(94)84(77(72-89)99-85)100-86-82(95)80(93)79(92)76(71-88)98-86)75(90)69-67-65-63-61-59-57-55-53-51-49-47-45-43-30-28-26-24-22-20-18-16-14-12-10-8-6-4-2/h5,7,11,13,17,19,23,25,29,31,33-34,67,69,74-77,79-86,88-90,92-96H,3-4,6,8-10,12,14-16,18,20-22,24,26-28,30,32,35-66,68,70-73H2,1-2H3,(H,87,91)/b7-5-,13-11-,19-17-,25-23-,31-29-,34-33-,69-67+. The molecule has 0 radical (unpaired) electrons. The molecular weight excluding hydrogens is 1250 g/mol. The second-order valence-electron chi connectivity index (χ2n) is 29.2. The highest BCUT2D eigenvalue weighted by atomic mass is 16.7. The Morgan fingerprint density at radius 3 is 1.06 bits per heavy atom. The molecule has 2 rings (SSSR count). The second kappa shape index (κ2) is 69.2. The Labute approximate surface area is 611 Å². The van der Waals surface area contributed by atoms with Crippen molar-refractivity contribution in [2.24, 2.45) is 0 Å². The summed E-state index contributed by atoms with van der Waals surface area (Å²) in [5.41, 5.74) is 0. The molecule has 2 heterocycles. The highest BCUT2D eigenvalue weighted by Crippen LogP contribution is 2.30. The number of allylic oxidation sites excluding steroid dienone is 13. The molecule has 2 aliphatic rings. The van der Waals surface area contributed by atoms with E-state index in [-0.39, 0.29) is 18.9 Å². The molecule has 0 spiro atoms. The van der Waals surface area contributed by atoms with Crippen molar-refractivity contribution in [2.45, 2.75) is 434 Å². The van der Waals surface area contributed by atoms with E-state index in [2.05, 4.69) is 92.1 Å². The number of carbonyl (C=O) groups is 1. The zero-order valence-electron chi connectivity index (χ0n) is 63.9. The van der Waals surface area contributed by atoms with Crippen molar-refractivity contribution >= 4 is 5.91 Å². The van der Waals surface area contributed by atoms with Gasteiger partial charge in [0.2, 0.25) is 5.91 Å². The first kappa shape index (κ1) is 93.3. The van der Waals surface area contributed by atoms with Gasteiger partial charge in [-0.2, -0.15) is 0 Å². The Bertz CT molecular complexity index is 2010. The average Bonchev–Trinajstić information content (AvgIpc) is 0.796. The van der Waals surface area contributed by atoms with Crippen LogP contribution in [0.5, 0.6) is 0 Å². The molecule has 100 heavy (non-hydrogen) atoms. The molecule has 2 aliphatic heterocycles. The molecule has 0 aromatic heterocycles. The van der Waals surface area contributed by atoms with Crippen LogP contribution in [-0.4, -0.2) is 140 Å². The first-order valence-corrected chi connectivity index (χ1v) is 41.8. The van der Waals surface area contributed by atoms with E-state index in [4.69, 9.17) is 18.9 Å². The summed E-state index contributed by atoms with van der Waals surface area (Å²) < 4.78 is 22.9. The summed E-state index contributed by atoms with van der Waals surface area (Å²) in [6.07, 6.45) is 81.0. The maximum atomic E-state index is 13.4. The Kier molecular flexibility index (Phi) is 64.6. The minimum Gasteiger partial charge on any atom is -0.394 e. The van der Waals surface area contributed by atoms with E-state index in [0.717, 1.165) is 77.0 Å². The molecule has 0 aromatic carbocycles. The highest BCUT2D eigenvalue weighted by Gasteiger charge is 2.51. The molecular formula is C86H155NO13. The number of carbonyl (C=O) groups excluding carboxylic acids is 1. The van der Waals surface area contributed by atoms with Gasteiger partial charge in [0, 0.05) is 6.42 Å². The Morgan fingerprint density at radius 1 is 0.370 bits per heavy atom. The fourth-order valence-electron chi connectivity index (χ4n) is 13.5. The number of nitrogens with one attached hydrogen (secondary N) is 1. The van der Waals surface area contributed by atoms with Crippen molar-refractivity contribution in [3.8, 4) is 0 Å².